The third kappa shape index (κ3) is 3.45. The molecule has 2 aromatic rings. The SMILES string of the molecule is Cc1ccccc1N1C(=O)c2ccc(C(=O)OCC(=O)NC(N)=O)cc2C1=O. The summed E-state index contributed by atoms with van der Waals surface area (Å²) in [6, 6.07) is 9.78. The molecular weight excluding hydrogens is 366 g/mol. The Morgan fingerprint density at radius 2 is 1.71 bits per heavy atom. The molecule has 0 aromatic heterocycles. The predicted octanol–water partition coefficient (Wildman–Crippen LogP) is 1.15. The van der Waals surface area contributed by atoms with Gasteiger partial charge in [-0.2, -0.15) is 0 Å². The van der Waals surface area contributed by atoms with Crippen LogP contribution in [-0.4, -0.2) is 36.3 Å². The second-order valence-electron chi connectivity index (χ2n) is 5.98. The molecule has 0 unspecified atom stereocenters. The topological polar surface area (TPSA) is 136 Å². The van der Waals surface area contributed by atoms with Gasteiger partial charge in [-0.25, -0.2) is 14.5 Å². The van der Waals surface area contributed by atoms with E-state index in [0.717, 1.165) is 10.5 Å². The Hall–Kier alpha value is -4.01. The van der Waals surface area contributed by atoms with E-state index in [1.165, 1.54) is 18.2 Å². The van der Waals surface area contributed by atoms with Crippen LogP contribution in [0.15, 0.2) is 42.5 Å². The number of fused-ring (bicyclic) bond motifs is 1. The van der Waals surface area contributed by atoms with Crippen molar-refractivity contribution in [2.24, 2.45) is 5.73 Å². The zero-order chi connectivity index (χ0) is 20.4. The van der Waals surface area contributed by atoms with Crippen LogP contribution >= 0.6 is 0 Å². The number of esters is 1. The molecule has 3 N–H and O–H groups in total. The first kappa shape index (κ1) is 18.8. The van der Waals surface area contributed by atoms with Gasteiger partial charge in [0.15, 0.2) is 6.61 Å². The van der Waals surface area contributed by atoms with Crippen LogP contribution in [0.3, 0.4) is 0 Å². The van der Waals surface area contributed by atoms with Crippen LogP contribution in [0, 0.1) is 6.92 Å². The Balaban J connectivity index is 1.82. The highest BCUT2D eigenvalue weighted by Gasteiger charge is 2.37. The number of ether oxygens (including phenoxy) is 1. The molecule has 5 amide bonds. The number of carbonyl (C=O) groups excluding carboxylic acids is 5. The predicted molar refractivity (Wildman–Crippen MR) is 96.8 cm³/mol. The van der Waals surface area contributed by atoms with Crippen molar-refractivity contribution in [3.05, 3.63) is 64.7 Å². The van der Waals surface area contributed by atoms with Crippen molar-refractivity contribution in [3.8, 4) is 0 Å². The molecule has 142 valence electrons. The Bertz CT molecular complexity index is 1030. The number of hydrogen-bond donors (Lipinski definition) is 2. The third-order valence-corrected chi connectivity index (χ3v) is 4.08. The number of urea groups is 1. The zero-order valence-corrected chi connectivity index (χ0v) is 14.7. The molecule has 0 saturated heterocycles. The van der Waals surface area contributed by atoms with Crippen LogP contribution < -0.4 is 16.0 Å². The Morgan fingerprint density at radius 1 is 1.04 bits per heavy atom. The average Bonchev–Trinajstić information content (AvgIpc) is 2.90. The summed E-state index contributed by atoms with van der Waals surface area (Å²) < 4.78 is 4.77. The van der Waals surface area contributed by atoms with Gasteiger partial charge >= 0.3 is 12.0 Å². The van der Waals surface area contributed by atoms with E-state index in [0.29, 0.717) is 5.69 Å². The molecule has 3 rings (SSSR count). The molecule has 0 fully saturated rings. The monoisotopic (exact) mass is 381 g/mol. The summed E-state index contributed by atoms with van der Waals surface area (Å²) in [7, 11) is 0. The fourth-order valence-electron chi connectivity index (χ4n) is 2.79. The van der Waals surface area contributed by atoms with Crippen molar-refractivity contribution in [2.45, 2.75) is 6.92 Å². The van der Waals surface area contributed by atoms with E-state index < -0.39 is 36.3 Å². The first-order valence-electron chi connectivity index (χ1n) is 8.14. The molecule has 9 nitrogen and oxygen atoms in total. The van der Waals surface area contributed by atoms with E-state index in [4.69, 9.17) is 10.5 Å². The van der Waals surface area contributed by atoms with Crippen LogP contribution in [0.25, 0.3) is 0 Å². The minimum Gasteiger partial charge on any atom is -0.452 e. The van der Waals surface area contributed by atoms with Gasteiger partial charge in [0.05, 0.1) is 22.4 Å². The zero-order valence-electron chi connectivity index (χ0n) is 14.7. The van der Waals surface area contributed by atoms with Gasteiger partial charge in [-0.3, -0.25) is 19.7 Å². The number of nitrogens with two attached hydrogens (primary N) is 1. The summed E-state index contributed by atoms with van der Waals surface area (Å²) in [6.07, 6.45) is 0. The minimum atomic E-state index is -1.07. The van der Waals surface area contributed by atoms with Crippen LogP contribution in [-0.2, 0) is 9.53 Å². The summed E-state index contributed by atoms with van der Waals surface area (Å²) in [6.45, 7) is 1.06. The van der Waals surface area contributed by atoms with E-state index in [1.807, 2.05) is 0 Å². The first-order chi connectivity index (χ1) is 13.3. The van der Waals surface area contributed by atoms with Crippen molar-refractivity contribution in [1.82, 2.24) is 5.32 Å². The smallest absolute Gasteiger partial charge is 0.338 e. The highest BCUT2D eigenvalue weighted by atomic mass is 16.5. The van der Waals surface area contributed by atoms with E-state index >= 15 is 0 Å². The molecule has 1 aliphatic rings. The summed E-state index contributed by atoms with van der Waals surface area (Å²) in [5, 5.41) is 1.75. The molecule has 9 heteroatoms. The number of primary amides is 1. The summed E-state index contributed by atoms with van der Waals surface area (Å²) in [5.41, 5.74) is 6.20. The van der Waals surface area contributed by atoms with Crippen LogP contribution in [0.5, 0.6) is 0 Å². The standard InChI is InChI=1S/C19H15N3O6/c1-10-4-2-3-5-14(10)22-16(24)12-7-6-11(8-13(12)17(22)25)18(26)28-9-15(23)21-19(20)27/h2-8H,9H2,1H3,(H3,20,21,23,27). The number of hydrogen-bond acceptors (Lipinski definition) is 6. The first-order valence-corrected chi connectivity index (χ1v) is 8.14. The molecule has 0 aliphatic carbocycles. The van der Waals surface area contributed by atoms with Crippen molar-refractivity contribution >= 4 is 35.4 Å². The Morgan fingerprint density at radius 3 is 2.39 bits per heavy atom. The fourth-order valence-corrected chi connectivity index (χ4v) is 2.79. The normalized spacial score (nSPS) is 12.5. The van der Waals surface area contributed by atoms with E-state index in [-0.39, 0.29) is 16.7 Å². The largest absolute Gasteiger partial charge is 0.452 e. The van der Waals surface area contributed by atoms with Gasteiger partial charge in [-0.15, -0.1) is 0 Å². The fraction of sp³-hybridized carbons (Fsp3) is 0.105. The van der Waals surface area contributed by atoms with Gasteiger partial charge in [0.2, 0.25) is 0 Å². The number of imide groups is 2. The minimum absolute atomic E-state index is 0.0154. The molecular formula is C19H15N3O6. The lowest BCUT2D eigenvalue weighted by atomic mass is 10.1. The lowest BCUT2D eigenvalue weighted by Gasteiger charge is -2.16. The average molecular weight is 381 g/mol. The number of aryl methyl sites for hydroxylation is 1. The van der Waals surface area contributed by atoms with Crippen molar-refractivity contribution < 1.29 is 28.7 Å². The molecule has 28 heavy (non-hydrogen) atoms. The van der Waals surface area contributed by atoms with Gasteiger partial charge in [0.1, 0.15) is 0 Å². The summed E-state index contributed by atoms with van der Waals surface area (Å²) >= 11 is 0. The number of para-hydroxylation sites is 1. The highest BCUT2D eigenvalue weighted by molar-refractivity contribution is 6.34. The van der Waals surface area contributed by atoms with Gasteiger partial charge in [-0.05, 0) is 36.8 Å². The lowest BCUT2D eigenvalue weighted by Crippen LogP contribution is -2.37. The van der Waals surface area contributed by atoms with Gasteiger partial charge in [-0.1, -0.05) is 18.2 Å². The third-order valence-electron chi connectivity index (χ3n) is 4.08. The molecule has 0 bridgehead atoms. The Labute approximate surface area is 159 Å². The second kappa shape index (κ2) is 7.31. The van der Waals surface area contributed by atoms with Crippen LogP contribution in [0.2, 0.25) is 0 Å². The maximum atomic E-state index is 12.8. The number of benzene rings is 2. The van der Waals surface area contributed by atoms with Crippen LogP contribution in [0.1, 0.15) is 36.6 Å². The number of nitrogens with zero attached hydrogens (tertiary/aromatic N) is 1. The lowest BCUT2D eigenvalue weighted by molar-refractivity contribution is -0.123. The van der Waals surface area contributed by atoms with Gasteiger partial charge < -0.3 is 10.5 Å². The molecule has 2 aromatic carbocycles. The maximum Gasteiger partial charge on any atom is 0.338 e. The van der Waals surface area contributed by atoms with Crippen LogP contribution in [0.4, 0.5) is 10.5 Å². The number of rotatable bonds is 4. The summed E-state index contributed by atoms with van der Waals surface area (Å²) in [5.74, 6) is -2.83. The number of carbonyl (C=O) groups is 5. The summed E-state index contributed by atoms with van der Waals surface area (Å²) in [4.78, 5) is 60.4. The second-order valence-corrected chi connectivity index (χ2v) is 5.98. The maximum absolute atomic E-state index is 12.8. The molecule has 0 atom stereocenters. The van der Waals surface area contributed by atoms with Gasteiger partial charge in [0.25, 0.3) is 17.7 Å². The van der Waals surface area contributed by atoms with E-state index in [9.17, 15) is 24.0 Å². The molecule has 0 radical (unpaired) electrons. The van der Waals surface area contributed by atoms with E-state index in [2.05, 4.69) is 0 Å². The van der Waals surface area contributed by atoms with Gasteiger partial charge in [0, 0.05) is 0 Å². The molecule has 1 aliphatic heterocycles. The quantitative estimate of drug-likeness (QED) is 0.602. The number of amides is 5. The highest BCUT2D eigenvalue weighted by Crippen LogP contribution is 2.31. The van der Waals surface area contributed by atoms with Crippen molar-refractivity contribution in [1.29, 1.82) is 0 Å². The Kier molecular flexibility index (Phi) is 4.90. The molecule has 1 heterocycles. The number of nitrogens with one attached hydrogen (secondary N) is 1. The van der Waals surface area contributed by atoms with E-state index in [1.54, 1.807) is 36.5 Å². The molecule has 0 spiro atoms. The number of anilines is 1. The van der Waals surface area contributed by atoms with Crippen molar-refractivity contribution in [2.75, 3.05) is 11.5 Å². The van der Waals surface area contributed by atoms with Crippen molar-refractivity contribution in [3.63, 3.8) is 0 Å². The molecule has 0 saturated carbocycles.